The first-order valence-electron chi connectivity index (χ1n) is 5.23. The number of thiophene rings is 1. The van der Waals surface area contributed by atoms with Crippen molar-refractivity contribution in [3.63, 3.8) is 0 Å². The summed E-state index contributed by atoms with van der Waals surface area (Å²) in [6.07, 6.45) is 2.16. The second-order valence-electron chi connectivity index (χ2n) is 3.54. The molecule has 0 aromatic carbocycles. The average Bonchev–Trinajstić information content (AvgIpc) is 2.66. The van der Waals surface area contributed by atoms with Crippen LogP contribution < -0.4 is 5.32 Å². The third-order valence-corrected chi connectivity index (χ3v) is 5.24. The summed E-state index contributed by atoms with van der Waals surface area (Å²) < 4.78 is 22.1. The number of unbranched alkanes of at least 4 members (excludes halogenated alkanes) is 1. The quantitative estimate of drug-likeness (QED) is 0.646. The van der Waals surface area contributed by atoms with Crippen LogP contribution in [0.15, 0.2) is 16.3 Å². The molecule has 0 aliphatic rings. The molecule has 0 fully saturated rings. The van der Waals surface area contributed by atoms with Crippen LogP contribution in [0.2, 0.25) is 0 Å². The number of amides is 1. The van der Waals surface area contributed by atoms with Gasteiger partial charge in [0.2, 0.25) is 5.91 Å². The Morgan fingerprint density at radius 2 is 2.18 bits per heavy atom. The highest BCUT2D eigenvalue weighted by atomic mass is 35.7. The summed E-state index contributed by atoms with van der Waals surface area (Å²) in [6, 6.07) is 3.03. The van der Waals surface area contributed by atoms with Crippen LogP contribution in [0.1, 0.15) is 24.6 Å². The lowest BCUT2D eigenvalue weighted by Crippen LogP contribution is -2.25. The Labute approximate surface area is 109 Å². The van der Waals surface area contributed by atoms with Crippen molar-refractivity contribution in [2.75, 3.05) is 6.54 Å². The Kier molecular flexibility index (Phi) is 5.42. The molecule has 0 atom stereocenters. The highest BCUT2D eigenvalue weighted by Gasteiger charge is 2.14. The molecule has 1 aromatic heterocycles. The summed E-state index contributed by atoms with van der Waals surface area (Å²) >= 11 is 1.03. The fraction of sp³-hybridized carbons (Fsp3) is 0.500. The molecule has 0 unspecified atom stereocenters. The van der Waals surface area contributed by atoms with Crippen molar-refractivity contribution in [3.8, 4) is 0 Å². The molecule has 0 saturated carbocycles. The van der Waals surface area contributed by atoms with Crippen LogP contribution in [0.3, 0.4) is 0 Å². The predicted octanol–water partition coefficient (Wildman–Crippen LogP) is 2.13. The van der Waals surface area contributed by atoms with Gasteiger partial charge in [0.1, 0.15) is 4.21 Å². The van der Waals surface area contributed by atoms with E-state index in [-0.39, 0.29) is 16.5 Å². The maximum absolute atomic E-state index is 11.5. The SMILES string of the molecule is CCCCNC(=O)Cc1ccc(S(=O)(=O)Cl)s1. The van der Waals surface area contributed by atoms with E-state index in [4.69, 9.17) is 10.7 Å². The third kappa shape index (κ3) is 5.06. The maximum Gasteiger partial charge on any atom is 0.270 e. The molecule has 1 heterocycles. The lowest BCUT2D eigenvalue weighted by molar-refractivity contribution is -0.120. The van der Waals surface area contributed by atoms with Crippen molar-refractivity contribution in [2.24, 2.45) is 0 Å². The van der Waals surface area contributed by atoms with Crippen LogP contribution >= 0.6 is 22.0 Å². The van der Waals surface area contributed by atoms with E-state index in [0.29, 0.717) is 11.4 Å². The number of carbonyl (C=O) groups is 1. The standard InChI is InChI=1S/C10H14ClNO3S2/c1-2-3-6-12-9(13)7-8-4-5-10(16-8)17(11,14)15/h4-5H,2-3,6-7H2,1H3,(H,12,13). The fourth-order valence-electron chi connectivity index (χ4n) is 1.21. The molecule has 1 aromatic rings. The lowest BCUT2D eigenvalue weighted by Gasteiger charge is -2.02. The molecule has 1 rings (SSSR count). The highest BCUT2D eigenvalue weighted by Crippen LogP contribution is 2.24. The smallest absolute Gasteiger partial charge is 0.270 e. The number of hydrogen-bond acceptors (Lipinski definition) is 4. The van der Waals surface area contributed by atoms with Gasteiger partial charge >= 0.3 is 0 Å². The molecule has 0 aliphatic carbocycles. The monoisotopic (exact) mass is 295 g/mol. The first-order valence-corrected chi connectivity index (χ1v) is 8.36. The van der Waals surface area contributed by atoms with Gasteiger partial charge in [0.15, 0.2) is 0 Å². The van der Waals surface area contributed by atoms with Gasteiger partial charge in [-0.1, -0.05) is 13.3 Å². The van der Waals surface area contributed by atoms with Gasteiger partial charge < -0.3 is 5.32 Å². The molecule has 0 radical (unpaired) electrons. The molecule has 1 N–H and O–H groups in total. The summed E-state index contributed by atoms with van der Waals surface area (Å²) in [6.45, 7) is 2.70. The van der Waals surface area contributed by atoms with Gasteiger partial charge in [0.05, 0.1) is 6.42 Å². The van der Waals surface area contributed by atoms with Crippen molar-refractivity contribution in [1.82, 2.24) is 5.32 Å². The van der Waals surface area contributed by atoms with Crippen LogP contribution in [-0.2, 0) is 20.3 Å². The maximum atomic E-state index is 11.5. The summed E-state index contributed by atoms with van der Waals surface area (Å²) in [7, 11) is 1.51. The Hall–Kier alpha value is -0.590. The van der Waals surface area contributed by atoms with Crippen molar-refractivity contribution >= 4 is 37.0 Å². The molecule has 7 heteroatoms. The van der Waals surface area contributed by atoms with E-state index in [1.165, 1.54) is 6.07 Å². The van der Waals surface area contributed by atoms with E-state index >= 15 is 0 Å². The van der Waals surface area contributed by atoms with Crippen molar-refractivity contribution < 1.29 is 13.2 Å². The second-order valence-corrected chi connectivity index (χ2v) is 7.50. The van der Waals surface area contributed by atoms with Gasteiger partial charge in [0, 0.05) is 22.1 Å². The van der Waals surface area contributed by atoms with Gasteiger partial charge in [0.25, 0.3) is 9.05 Å². The number of rotatable bonds is 6. The summed E-state index contributed by atoms with van der Waals surface area (Å²) in [5.74, 6) is -0.0983. The van der Waals surface area contributed by atoms with Crippen molar-refractivity contribution in [2.45, 2.75) is 30.4 Å². The van der Waals surface area contributed by atoms with E-state index in [9.17, 15) is 13.2 Å². The zero-order chi connectivity index (χ0) is 12.9. The van der Waals surface area contributed by atoms with Crippen LogP contribution in [0, 0.1) is 0 Å². The number of nitrogens with one attached hydrogen (secondary N) is 1. The summed E-state index contributed by atoms with van der Waals surface area (Å²) in [4.78, 5) is 12.2. The Morgan fingerprint density at radius 3 is 2.71 bits per heavy atom. The molecule has 0 aliphatic heterocycles. The zero-order valence-corrected chi connectivity index (χ0v) is 11.8. The molecule has 96 valence electrons. The predicted molar refractivity (Wildman–Crippen MR) is 69.0 cm³/mol. The number of halogens is 1. The van der Waals surface area contributed by atoms with E-state index in [0.717, 1.165) is 24.2 Å². The van der Waals surface area contributed by atoms with Crippen LogP contribution in [0.5, 0.6) is 0 Å². The molecular formula is C10H14ClNO3S2. The summed E-state index contributed by atoms with van der Waals surface area (Å²) in [5, 5.41) is 2.77. The van der Waals surface area contributed by atoms with Gasteiger partial charge in [-0.05, 0) is 18.6 Å². The molecule has 0 saturated heterocycles. The highest BCUT2D eigenvalue weighted by molar-refractivity contribution is 8.15. The zero-order valence-electron chi connectivity index (χ0n) is 9.40. The van der Waals surface area contributed by atoms with Crippen LogP contribution in [-0.4, -0.2) is 20.9 Å². The first kappa shape index (κ1) is 14.5. The van der Waals surface area contributed by atoms with E-state index in [2.05, 4.69) is 5.32 Å². The topological polar surface area (TPSA) is 63.2 Å². The van der Waals surface area contributed by atoms with Gasteiger partial charge in [-0.3, -0.25) is 4.79 Å². The van der Waals surface area contributed by atoms with Gasteiger partial charge in [-0.15, -0.1) is 11.3 Å². The van der Waals surface area contributed by atoms with Gasteiger partial charge in [-0.2, -0.15) is 0 Å². The third-order valence-electron chi connectivity index (χ3n) is 2.06. The van der Waals surface area contributed by atoms with Crippen LogP contribution in [0.25, 0.3) is 0 Å². The van der Waals surface area contributed by atoms with Gasteiger partial charge in [-0.25, -0.2) is 8.42 Å². The van der Waals surface area contributed by atoms with Crippen molar-refractivity contribution in [1.29, 1.82) is 0 Å². The van der Waals surface area contributed by atoms with E-state index < -0.39 is 9.05 Å². The minimum atomic E-state index is -3.68. The fourth-order valence-corrected chi connectivity index (χ4v) is 3.33. The first-order chi connectivity index (χ1) is 7.93. The molecule has 17 heavy (non-hydrogen) atoms. The summed E-state index contributed by atoms with van der Waals surface area (Å²) in [5.41, 5.74) is 0. The minimum absolute atomic E-state index is 0.0792. The van der Waals surface area contributed by atoms with E-state index in [1.807, 2.05) is 6.92 Å². The second kappa shape index (κ2) is 6.37. The Balaban J connectivity index is 2.52. The Bertz CT molecular complexity index is 481. The molecule has 1 amide bonds. The normalized spacial score (nSPS) is 11.4. The van der Waals surface area contributed by atoms with Crippen molar-refractivity contribution in [3.05, 3.63) is 17.0 Å². The van der Waals surface area contributed by atoms with E-state index in [1.54, 1.807) is 6.07 Å². The molecular weight excluding hydrogens is 282 g/mol. The lowest BCUT2D eigenvalue weighted by atomic mass is 10.3. The largest absolute Gasteiger partial charge is 0.356 e. The van der Waals surface area contributed by atoms with Crippen LogP contribution in [0.4, 0.5) is 0 Å². The molecule has 0 bridgehead atoms. The molecule has 0 spiro atoms. The molecule has 4 nitrogen and oxygen atoms in total. The minimum Gasteiger partial charge on any atom is -0.356 e. The number of hydrogen-bond donors (Lipinski definition) is 1. The Morgan fingerprint density at radius 1 is 1.47 bits per heavy atom. The number of carbonyl (C=O) groups excluding carboxylic acids is 1. The average molecular weight is 296 g/mol.